The maximum absolute atomic E-state index is 13.8. The van der Waals surface area contributed by atoms with Crippen LogP contribution < -0.4 is 5.73 Å². The maximum atomic E-state index is 13.8. The first-order valence-corrected chi connectivity index (χ1v) is 7.94. The van der Waals surface area contributed by atoms with Gasteiger partial charge >= 0.3 is 0 Å². The van der Waals surface area contributed by atoms with Crippen molar-refractivity contribution in [2.24, 2.45) is 5.73 Å². The van der Waals surface area contributed by atoms with Gasteiger partial charge in [0.15, 0.2) is 0 Å². The topological polar surface area (TPSA) is 26.0 Å². The van der Waals surface area contributed by atoms with Crippen LogP contribution in [0, 0.1) is 12.7 Å². The highest BCUT2D eigenvalue weighted by atomic mass is 32.2. The molecule has 0 amide bonds. The van der Waals surface area contributed by atoms with Crippen molar-refractivity contribution in [3.63, 3.8) is 0 Å². The van der Waals surface area contributed by atoms with E-state index in [0.29, 0.717) is 16.1 Å². The van der Waals surface area contributed by atoms with E-state index < -0.39 is 0 Å². The normalized spacial score (nSPS) is 26.8. The molecule has 0 aliphatic carbocycles. The van der Waals surface area contributed by atoms with Crippen molar-refractivity contribution in [2.45, 2.75) is 30.4 Å². The van der Waals surface area contributed by atoms with Crippen molar-refractivity contribution in [3.8, 4) is 0 Å². The SMILES string of the molecule is Cc1ccc(F)c(C(N)C2SCCSC2C)c1. The number of hydrogen-bond acceptors (Lipinski definition) is 3. The molecule has 2 rings (SSSR count). The molecule has 0 radical (unpaired) electrons. The fourth-order valence-electron chi connectivity index (χ4n) is 2.14. The van der Waals surface area contributed by atoms with Gasteiger partial charge in [-0.15, -0.1) is 0 Å². The highest BCUT2D eigenvalue weighted by Gasteiger charge is 2.30. The minimum absolute atomic E-state index is 0.175. The predicted molar refractivity (Wildman–Crippen MR) is 76.2 cm³/mol. The second-order valence-electron chi connectivity index (χ2n) is 4.46. The molecule has 1 heterocycles. The third-order valence-electron chi connectivity index (χ3n) is 3.10. The standard InChI is InChI=1S/C13H18FNS2/c1-8-3-4-11(14)10(7-8)12(15)13-9(2)16-5-6-17-13/h3-4,7,9,12-13H,5-6,15H2,1-2H3. The Labute approximate surface area is 111 Å². The lowest BCUT2D eigenvalue weighted by atomic mass is 10.00. The van der Waals surface area contributed by atoms with Crippen LogP contribution in [0.1, 0.15) is 24.1 Å². The summed E-state index contributed by atoms with van der Waals surface area (Å²) in [7, 11) is 0. The van der Waals surface area contributed by atoms with E-state index in [4.69, 9.17) is 5.73 Å². The van der Waals surface area contributed by atoms with Crippen LogP contribution in [0.3, 0.4) is 0 Å². The number of benzene rings is 1. The van der Waals surface area contributed by atoms with Crippen molar-refractivity contribution >= 4 is 23.5 Å². The minimum atomic E-state index is -0.206. The van der Waals surface area contributed by atoms with E-state index in [9.17, 15) is 4.39 Å². The lowest BCUT2D eigenvalue weighted by molar-refractivity contribution is 0.568. The quantitative estimate of drug-likeness (QED) is 0.893. The summed E-state index contributed by atoms with van der Waals surface area (Å²) in [5.41, 5.74) is 7.99. The van der Waals surface area contributed by atoms with Gasteiger partial charge in [-0.25, -0.2) is 4.39 Å². The Hall–Kier alpha value is -0.190. The highest BCUT2D eigenvalue weighted by Crippen LogP contribution is 2.38. The molecular weight excluding hydrogens is 253 g/mol. The first-order chi connectivity index (χ1) is 8.09. The monoisotopic (exact) mass is 271 g/mol. The van der Waals surface area contributed by atoms with Crippen molar-refractivity contribution in [1.82, 2.24) is 0 Å². The number of hydrogen-bond donors (Lipinski definition) is 1. The van der Waals surface area contributed by atoms with Gasteiger partial charge in [0.1, 0.15) is 5.82 Å². The molecule has 1 aliphatic rings. The van der Waals surface area contributed by atoms with Crippen LogP contribution in [-0.4, -0.2) is 22.0 Å². The van der Waals surface area contributed by atoms with E-state index in [1.807, 2.05) is 36.5 Å². The molecule has 1 aromatic carbocycles. The number of nitrogens with two attached hydrogens (primary N) is 1. The molecule has 1 aromatic rings. The maximum Gasteiger partial charge on any atom is 0.128 e. The third kappa shape index (κ3) is 2.98. The van der Waals surface area contributed by atoms with Gasteiger partial charge in [-0.1, -0.05) is 24.6 Å². The van der Waals surface area contributed by atoms with Gasteiger partial charge in [0.2, 0.25) is 0 Å². The van der Waals surface area contributed by atoms with Crippen LogP contribution >= 0.6 is 23.5 Å². The smallest absolute Gasteiger partial charge is 0.128 e. The lowest BCUT2D eigenvalue weighted by Crippen LogP contribution is -2.34. The Morgan fingerprint density at radius 3 is 2.76 bits per heavy atom. The van der Waals surface area contributed by atoms with Gasteiger partial charge in [0.25, 0.3) is 0 Å². The number of thioether (sulfide) groups is 2. The molecule has 3 atom stereocenters. The van der Waals surface area contributed by atoms with E-state index in [0.717, 1.165) is 11.3 Å². The Kier molecular flexibility index (Phi) is 4.39. The van der Waals surface area contributed by atoms with Gasteiger partial charge in [0.05, 0.1) is 0 Å². The van der Waals surface area contributed by atoms with Crippen molar-refractivity contribution in [1.29, 1.82) is 0 Å². The summed E-state index contributed by atoms with van der Waals surface area (Å²) in [6, 6.07) is 4.99. The van der Waals surface area contributed by atoms with Crippen LogP contribution in [0.15, 0.2) is 18.2 Å². The second kappa shape index (κ2) is 5.63. The molecule has 1 fully saturated rings. The van der Waals surface area contributed by atoms with Gasteiger partial charge in [-0.3, -0.25) is 0 Å². The molecule has 0 aromatic heterocycles. The zero-order valence-corrected chi connectivity index (χ0v) is 11.8. The molecule has 2 N–H and O–H groups in total. The Balaban J connectivity index is 2.23. The summed E-state index contributed by atoms with van der Waals surface area (Å²) in [6.45, 7) is 4.16. The molecule has 0 saturated carbocycles. The van der Waals surface area contributed by atoms with E-state index in [1.54, 1.807) is 6.07 Å². The summed E-state index contributed by atoms with van der Waals surface area (Å²) in [4.78, 5) is 0. The molecule has 4 heteroatoms. The summed E-state index contributed by atoms with van der Waals surface area (Å²) in [5, 5.41) is 0.800. The van der Waals surface area contributed by atoms with Gasteiger partial charge in [-0.2, -0.15) is 23.5 Å². The first-order valence-electron chi connectivity index (χ1n) is 5.84. The fraction of sp³-hybridized carbons (Fsp3) is 0.538. The van der Waals surface area contributed by atoms with Crippen molar-refractivity contribution in [3.05, 3.63) is 35.1 Å². The van der Waals surface area contributed by atoms with Crippen LogP contribution in [-0.2, 0) is 0 Å². The third-order valence-corrected chi connectivity index (χ3v) is 6.32. The van der Waals surface area contributed by atoms with Crippen LogP contribution in [0.4, 0.5) is 4.39 Å². The predicted octanol–water partition coefficient (Wildman–Crippen LogP) is 3.37. The molecule has 1 aliphatic heterocycles. The Morgan fingerprint density at radius 2 is 2.06 bits per heavy atom. The van der Waals surface area contributed by atoms with E-state index in [2.05, 4.69) is 6.92 Å². The summed E-state index contributed by atoms with van der Waals surface area (Å²) >= 11 is 3.81. The number of aryl methyl sites for hydroxylation is 1. The number of rotatable bonds is 2. The molecule has 1 saturated heterocycles. The van der Waals surface area contributed by atoms with Crippen LogP contribution in [0.25, 0.3) is 0 Å². The zero-order valence-electron chi connectivity index (χ0n) is 10.2. The summed E-state index contributed by atoms with van der Waals surface area (Å²) < 4.78 is 13.8. The Bertz CT molecular complexity index is 397. The highest BCUT2D eigenvalue weighted by molar-refractivity contribution is 8.07. The average molecular weight is 271 g/mol. The van der Waals surface area contributed by atoms with E-state index in [1.165, 1.54) is 11.8 Å². The van der Waals surface area contributed by atoms with E-state index >= 15 is 0 Å². The second-order valence-corrected chi connectivity index (χ2v) is 7.23. The van der Waals surface area contributed by atoms with Gasteiger partial charge < -0.3 is 5.73 Å². The fourth-order valence-corrected chi connectivity index (χ4v) is 5.01. The van der Waals surface area contributed by atoms with E-state index in [-0.39, 0.29) is 11.9 Å². The van der Waals surface area contributed by atoms with Gasteiger partial charge in [0, 0.05) is 33.6 Å². The minimum Gasteiger partial charge on any atom is -0.323 e. The summed E-state index contributed by atoms with van der Waals surface area (Å²) in [5.74, 6) is 2.11. The van der Waals surface area contributed by atoms with Crippen molar-refractivity contribution in [2.75, 3.05) is 11.5 Å². The molecule has 0 spiro atoms. The molecule has 1 nitrogen and oxygen atoms in total. The molecule has 0 bridgehead atoms. The van der Waals surface area contributed by atoms with Crippen LogP contribution in [0.5, 0.6) is 0 Å². The number of halogens is 1. The Morgan fingerprint density at radius 1 is 1.35 bits per heavy atom. The van der Waals surface area contributed by atoms with Crippen molar-refractivity contribution < 1.29 is 4.39 Å². The molecular formula is C13H18FNS2. The average Bonchev–Trinajstić information content (AvgIpc) is 2.32. The summed E-state index contributed by atoms with van der Waals surface area (Å²) in [6.07, 6.45) is 0. The largest absolute Gasteiger partial charge is 0.323 e. The zero-order chi connectivity index (χ0) is 12.4. The molecule has 17 heavy (non-hydrogen) atoms. The lowest BCUT2D eigenvalue weighted by Gasteiger charge is -2.32. The van der Waals surface area contributed by atoms with Gasteiger partial charge in [-0.05, 0) is 13.0 Å². The molecule has 3 unspecified atom stereocenters. The first kappa shape index (κ1) is 13.2. The molecule has 94 valence electrons. The van der Waals surface area contributed by atoms with Crippen LogP contribution in [0.2, 0.25) is 0 Å².